The number of alkyl carbamates (subject to hydrolysis) is 1. The normalized spacial score (nSPS) is 13.3. The van der Waals surface area contributed by atoms with Crippen LogP contribution in [0.15, 0.2) is 65.7 Å². The number of carbonyl (C=O) groups is 6. The Morgan fingerprint density at radius 1 is 0.800 bits per heavy atom. The lowest BCUT2D eigenvalue weighted by Crippen LogP contribution is -2.50. The quantitative estimate of drug-likeness (QED) is 0.0309. The van der Waals surface area contributed by atoms with Gasteiger partial charge in [-0.25, -0.2) is 18.4 Å². The predicted molar refractivity (Wildman–Crippen MR) is 258 cm³/mol. The van der Waals surface area contributed by atoms with Gasteiger partial charge in [0, 0.05) is 88.5 Å². The van der Waals surface area contributed by atoms with Gasteiger partial charge in [-0.05, 0) is 70.1 Å². The number of aliphatic imine (C=N–C) groups is 1. The summed E-state index contributed by atoms with van der Waals surface area (Å²) in [6.07, 6.45) is 3.13. The number of fused-ring (bicyclic) bond motifs is 1. The molecule has 1 heterocycles. The third kappa shape index (κ3) is 19.5. The van der Waals surface area contributed by atoms with Gasteiger partial charge in [0.05, 0.1) is 6.61 Å². The summed E-state index contributed by atoms with van der Waals surface area (Å²) < 4.78 is 40.7. The highest BCUT2D eigenvalue weighted by atomic mass is 19.1. The topological polar surface area (TPSA) is 267 Å². The number of amides is 7. The SMILES string of the molecule is CCC(=O)NCCNC(=O)NC(N)=NCCC[C@@H](NC(=O)[C@H](c1ccccc1)N1Cc2cccc(OCCCNC(=O)CCCCCNC(=O)OC(C)(C)C)c2C1)C(=O)NCc1c(F)cc(O)cc1F. The largest absolute Gasteiger partial charge is 0.508 e. The van der Waals surface area contributed by atoms with Crippen LogP contribution in [0.3, 0.4) is 0 Å². The third-order valence-electron chi connectivity index (χ3n) is 10.8. The van der Waals surface area contributed by atoms with Crippen LogP contribution in [-0.2, 0) is 43.5 Å². The van der Waals surface area contributed by atoms with Gasteiger partial charge in [-0.2, -0.15) is 0 Å². The van der Waals surface area contributed by atoms with E-state index >= 15 is 0 Å². The van der Waals surface area contributed by atoms with Crippen molar-refractivity contribution in [2.75, 3.05) is 39.3 Å². The molecule has 0 saturated carbocycles. The summed E-state index contributed by atoms with van der Waals surface area (Å²) in [6.45, 7) is 8.81. The minimum atomic E-state index is -1.22. The van der Waals surface area contributed by atoms with E-state index in [4.69, 9.17) is 15.2 Å². The van der Waals surface area contributed by atoms with Gasteiger partial charge in [-0.15, -0.1) is 0 Å². The van der Waals surface area contributed by atoms with Crippen molar-refractivity contribution in [2.45, 2.75) is 116 Å². The van der Waals surface area contributed by atoms with Gasteiger partial charge in [0.15, 0.2) is 5.96 Å². The van der Waals surface area contributed by atoms with E-state index in [0.717, 1.165) is 36.1 Å². The van der Waals surface area contributed by atoms with E-state index in [-0.39, 0.29) is 50.2 Å². The van der Waals surface area contributed by atoms with E-state index < -0.39 is 71.1 Å². The number of hydrogen-bond acceptors (Lipinski definition) is 11. The molecule has 7 amide bonds. The van der Waals surface area contributed by atoms with Crippen LogP contribution in [0.25, 0.3) is 0 Å². The summed E-state index contributed by atoms with van der Waals surface area (Å²) in [6, 6.07) is 13.4. The summed E-state index contributed by atoms with van der Waals surface area (Å²) >= 11 is 0. The fraction of sp³-hybridized carbons (Fsp3) is 0.490. The smallest absolute Gasteiger partial charge is 0.407 e. The minimum Gasteiger partial charge on any atom is -0.508 e. The van der Waals surface area contributed by atoms with Crippen LogP contribution in [0.1, 0.15) is 107 Å². The molecule has 70 heavy (non-hydrogen) atoms. The first kappa shape index (κ1) is 55.6. The molecular weight excluding hydrogens is 911 g/mol. The number of guanidine groups is 1. The molecule has 0 bridgehead atoms. The Morgan fingerprint density at radius 2 is 1.50 bits per heavy atom. The van der Waals surface area contributed by atoms with Gasteiger partial charge >= 0.3 is 12.1 Å². The lowest BCUT2D eigenvalue weighted by Gasteiger charge is -2.29. The zero-order chi connectivity index (χ0) is 51.1. The van der Waals surface area contributed by atoms with Crippen molar-refractivity contribution >= 4 is 41.7 Å². The van der Waals surface area contributed by atoms with Gasteiger partial charge in [0.25, 0.3) is 0 Å². The Morgan fingerprint density at radius 3 is 2.21 bits per heavy atom. The van der Waals surface area contributed by atoms with E-state index in [0.29, 0.717) is 69.8 Å². The number of nitrogens with one attached hydrogen (secondary N) is 7. The van der Waals surface area contributed by atoms with E-state index in [2.05, 4.69) is 42.2 Å². The molecule has 0 saturated heterocycles. The summed E-state index contributed by atoms with van der Waals surface area (Å²) in [5.74, 6) is -3.81. The van der Waals surface area contributed by atoms with Crippen molar-refractivity contribution in [1.29, 1.82) is 0 Å². The van der Waals surface area contributed by atoms with Crippen molar-refractivity contribution in [3.8, 4) is 11.5 Å². The van der Waals surface area contributed by atoms with Gasteiger partial charge in [-0.1, -0.05) is 55.8 Å². The Labute approximate surface area is 407 Å². The standard InChI is InChI=1S/C49H68F2N10O9/c1-5-41(63)54-24-25-56-47(67)60-46(52)55-22-13-18-39(44(65)58-29-35-37(50)27-34(62)28-38(35)51)59-45(66)43(32-15-8-6-9-16-32)61-30-33-17-12-19-40(36(33)31-61)69-26-14-23-53-42(64)20-10-7-11-21-57-48(68)70-49(2,3)4/h6,8-9,12,15-17,19,27-28,39,43,62H,5,7,10-11,13-14,18,20-26,29-31H2,1-4H3,(H,53,64)(H,54,63)(H,57,68)(H,58,65)(H,59,66)(H4,52,55,56,60,67)/t39-,43+/m1/s1. The number of phenols is 1. The number of benzene rings is 3. The molecule has 19 nitrogen and oxygen atoms in total. The maximum atomic E-state index is 14.6. The zero-order valence-electron chi connectivity index (χ0n) is 40.4. The van der Waals surface area contributed by atoms with Gasteiger partial charge in [-0.3, -0.25) is 34.4 Å². The van der Waals surface area contributed by atoms with Crippen LogP contribution in [-0.4, -0.2) is 103 Å². The number of unbranched alkanes of at least 4 members (excludes halogenated alkanes) is 2. The van der Waals surface area contributed by atoms with Crippen LogP contribution < -0.4 is 47.7 Å². The average Bonchev–Trinajstić information content (AvgIpc) is 3.73. The molecular formula is C49H68F2N10O9. The molecule has 3 aromatic rings. The number of hydrogen-bond donors (Lipinski definition) is 9. The molecule has 10 N–H and O–H groups in total. The number of urea groups is 1. The highest BCUT2D eigenvalue weighted by Gasteiger charge is 2.35. The van der Waals surface area contributed by atoms with Crippen LogP contribution in [0.4, 0.5) is 18.4 Å². The number of rotatable bonds is 26. The van der Waals surface area contributed by atoms with E-state index in [1.807, 2.05) is 29.2 Å². The van der Waals surface area contributed by atoms with Crippen LogP contribution in [0.5, 0.6) is 11.5 Å². The van der Waals surface area contributed by atoms with Crippen molar-refractivity contribution < 1.29 is 52.1 Å². The molecule has 4 rings (SSSR count). The second-order valence-electron chi connectivity index (χ2n) is 17.6. The Bertz CT molecular complexity index is 2240. The minimum absolute atomic E-state index is 0.00743. The van der Waals surface area contributed by atoms with E-state index in [9.17, 15) is 42.7 Å². The molecule has 2 atom stereocenters. The second-order valence-corrected chi connectivity index (χ2v) is 17.6. The second kappa shape index (κ2) is 28.5. The highest BCUT2D eigenvalue weighted by Crippen LogP contribution is 2.36. The first-order valence-electron chi connectivity index (χ1n) is 23.6. The van der Waals surface area contributed by atoms with Crippen LogP contribution in [0.2, 0.25) is 0 Å². The molecule has 1 aliphatic heterocycles. The first-order chi connectivity index (χ1) is 33.4. The number of phenolic OH excluding ortho intramolecular Hbond substituents is 1. The molecule has 21 heteroatoms. The lowest BCUT2D eigenvalue weighted by molar-refractivity contribution is -0.132. The van der Waals surface area contributed by atoms with Gasteiger partial charge < -0.3 is 52.2 Å². The molecule has 0 radical (unpaired) electrons. The lowest BCUT2D eigenvalue weighted by atomic mass is 10.0. The molecule has 0 unspecified atom stereocenters. The fourth-order valence-electron chi connectivity index (χ4n) is 7.33. The number of carbonyl (C=O) groups excluding carboxylic acids is 6. The molecule has 0 spiro atoms. The number of aromatic hydroxyl groups is 1. The van der Waals surface area contributed by atoms with Gasteiger partial charge in [0.1, 0.15) is 40.8 Å². The molecule has 3 aromatic carbocycles. The van der Waals surface area contributed by atoms with Gasteiger partial charge in [0.2, 0.25) is 23.6 Å². The zero-order valence-corrected chi connectivity index (χ0v) is 40.4. The summed E-state index contributed by atoms with van der Waals surface area (Å²) in [4.78, 5) is 82.3. The molecule has 0 aliphatic carbocycles. The Kier molecular flexibility index (Phi) is 22.6. The van der Waals surface area contributed by atoms with E-state index in [1.165, 1.54) is 0 Å². The van der Waals surface area contributed by atoms with Crippen LogP contribution >= 0.6 is 0 Å². The molecule has 1 aliphatic rings. The number of halogens is 2. The average molecular weight is 979 g/mol. The maximum absolute atomic E-state index is 14.6. The van der Waals surface area contributed by atoms with E-state index in [1.54, 1.807) is 52.0 Å². The van der Waals surface area contributed by atoms with Crippen LogP contribution in [0, 0.1) is 11.6 Å². The fourth-order valence-corrected chi connectivity index (χ4v) is 7.33. The number of nitrogens with two attached hydrogens (primary N) is 1. The maximum Gasteiger partial charge on any atom is 0.407 e. The first-order valence-corrected chi connectivity index (χ1v) is 23.6. The molecule has 0 fully saturated rings. The molecule has 0 aromatic heterocycles. The summed E-state index contributed by atoms with van der Waals surface area (Å²) in [7, 11) is 0. The summed E-state index contributed by atoms with van der Waals surface area (Å²) in [5.41, 5.74) is 7.32. The number of nitrogens with zero attached hydrogens (tertiary/aromatic N) is 2. The monoisotopic (exact) mass is 979 g/mol. The number of ether oxygens (including phenoxy) is 2. The van der Waals surface area contributed by atoms with Crippen molar-refractivity contribution in [3.05, 3.63) is 94.6 Å². The Balaban J connectivity index is 1.35. The van der Waals surface area contributed by atoms with Crippen molar-refractivity contribution in [1.82, 2.24) is 42.1 Å². The predicted octanol–water partition coefficient (Wildman–Crippen LogP) is 4.42. The van der Waals surface area contributed by atoms with Crippen molar-refractivity contribution in [2.24, 2.45) is 10.7 Å². The molecule has 382 valence electrons. The Hall–Kier alpha value is -7.03. The highest BCUT2D eigenvalue weighted by molar-refractivity contribution is 5.95. The third-order valence-corrected chi connectivity index (χ3v) is 10.8. The summed E-state index contributed by atoms with van der Waals surface area (Å²) in [5, 5.41) is 28.2. The van der Waals surface area contributed by atoms with Crippen molar-refractivity contribution in [3.63, 3.8) is 0 Å².